The fourth-order valence-corrected chi connectivity index (χ4v) is 2.03. The molecule has 4 heteroatoms. The molecule has 1 N–H and O–H groups in total. The van der Waals surface area contributed by atoms with Crippen molar-refractivity contribution in [1.82, 2.24) is 5.32 Å². The zero-order chi connectivity index (χ0) is 13.4. The van der Waals surface area contributed by atoms with E-state index in [1.54, 1.807) is 6.07 Å². The third kappa shape index (κ3) is 6.60. The molecule has 0 aliphatic carbocycles. The molecule has 1 rings (SSSR count). The number of halogens is 2. The molecule has 0 saturated carbocycles. The predicted molar refractivity (Wildman–Crippen MR) is 78.5 cm³/mol. The molecule has 0 bridgehead atoms. The van der Waals surface area contributed by atoms with Crippen LogP contribution >= 0.6 is 23.2 Å². The van der Waals surface area contributed by atoms with Gasteiger partial charge in [-0.3, -0.25) is 0 Å². The lowest BCUT2D eigenvalue weighted by atomic mass is 10.2. The van der Waals surface area contributed by atoms with Crippen LogP contribution in [0, 0.1) is 0 Å². The second-order valence-electron chi connectivity index (χ2n) is 4.54. The third-order valence-electron chi connectivity index (χ3n) is 2.53. The number of benzene rings is 1. The fraction of sp³-hybridized carbons (Fsp3) is 0.571. The molecule has 0 unspecified atom stereocenters. The van der Waals surface area contributed by atoms with E-state index in [0.29, 0.717) is 11.1 Å². The zero-order valence-electron chi connectivity index (χ0n) is 11.0. The van der Waals surface area contributed by atoms with E-state index in [9.17, 15) is 0 Å². The number of ether oxygens (including phenoxy) is 1. The van der Waals surface area contributed by atoms with Crippen LogP contribution in [0.5, 0.6) is 0 Å². The summed E-state index contributed by atoms with van der Waals surface area (Å²) in [5.74, 6) is 0. The van der Waals surface area contributed by atoms with E-state index in [1.807, 2.05) is 12.1 Å². The van der Waals surface area contributed by atoms with Gasteiger partial charge in [0.1, 0.15) is 0 Å². The van der Waals surface area contributed by atoms with Crippen LogP contribution in [0.3, 0.4) is 0 Å². The average molecular weight is 290 g/mol. The van der Waals surface area contributed by atoms with Crippen LogP contribution in [0.15, 0.2) is 18.2 Å². The van der Waals surface area contributed by atoms with Crippen LogP contribution in [0.2, 0.25) is 10.0 Å². The van der Waals surface area contributed by atoms with Gasteiger partial charge in [-0.2, -0.15) is 0 Å². The summed E-state index contributed by atoms with van der Waals surface area (Å²) in [6.07, 6.45) is 2.52. The molecule has 102 valence electrons. The van der Waals surface area contributed by atoms with Crippen molar-refractivity contribution < 1.29 is 4.74 Å². The number of hydrogen-bond acceptors (Lipinski definition) is 2. The van der Waals surface area contributed by atoms with Gasteiger partial charge in [-0.1, -0.05) is 29.3 Å². The Morgan fingerprint density at radius 2 is 2.00 bits per heavy atom. The van der Waals surface area contributed by atoms with Gasteiger partial charge in [0.25, 0.3) is 0 Å². The first-order valence-electron chi connectivity index (χ1n) is 6.36. The lowest BCUT2D eigenvalue weighted by Gasteiger charge is -2.08. The first kappa shape index (κ1) is 15.8. The minimum atomic E-state index is 0.325. The Bertz CT molecular complexity index is 356. The highest BCUT2D eigenvalue weighted by atomic mass is 35.5. The van der Waals surface area contributed by atoms with Gasteiger partial charge in [0, 0.05) is 23.2 Å². The Hall–Kier alpha value is -0.280. The van der Waals surface area contributed by atoms with E-state index >= 15 is 0 Å². The molecule has 1 aromatic rings. The van der Waals surface area contributed by atoms with Crippen LogP contribution < -0.4 is 5.32 Å². The molecule has 0 spiro atoms. The maximum Gasteiger partial charge on any atom is 0.0518 e. The van der Waals surface area contributed by atoms with Gasteiger partial charge in [-0.05, 0) is 50.9 Å². The van der Waals surface area contributed by atoms with Gasteiger partial charge >= 0.3 is 0 Å². The van der Waals surface area contributed by atoms with Gasteiger partial charge in [0.05, 0.1) is 6.10 Å². The Kier molecular flexibility index (Phi) is 7.68. The topological polar surface area (TPSA) is 21.3 Å². The molecular formula is C14H21Cl2NO. The van der Waals surface area contributed by atoms with E-state index in [0.717, 1.165) is 43.1 Å². The van der Waals surface area contributed by atoms with Crippen LogP contribution in [0.25, 0.3) is 0 Å². The van der Waals surface area contributed by atoms with Gasteiger partial charge < -0.3 is 10.1 Å². The van der Waals surface area contributed by atoms with Gasteiger partial charge in [0.2, 0.25) is 0 Å². The number of nitrogens with one attached hydrogen (secondary N) is 1. The second-order valence-corrected chi connectivity index (χ2v) is 5.38. The van der Waals surface area contributed by atoms with E-state index in [2.05, 4.69) is 19.2 Å². The molecule has 0 aromatic heterocycles. The molecule has 0 fully saturated rings. The molecule has 0 aliphatic heterocycles. The van der Waals surface area contributed by atoms with Crippen LogP contribution in [0.4, 0.5) is 0 Å². The smallest absolute Gasteiger partial charge is 0.0518 e. The van der Waals surface area contributed by atoms with Gasteiger partial charge in [0.15, 0.2) is 0 Å². The molecule has 0 heterocycles. The maximum atomic E-state index is 6.08. The van der Waals surface area contributed by atoms with Crippen molar-refractivity contribution in [3.05, 3.63) is 33.8 Å². The van der Waals surface area contributed by atoms with Crippen LogP contribution in [-0.4, -0.2) is 19.3 Å². The van der Waals surface area contributed by atoms with Crippen molar-refractivity contribution in [2.75, 3.05) is 13.2 Å². The molecule has 18 heavy (non-hydrogen) atoms. The monoisotopic (exact) mass is 289 g/mol. The summed E-state index contributed by atoms with van der Waals surface area (Å²) in [5.41, 5.74) is 1.08. The fourth-order valence-electron chi connectivity index (χ4n) is 1.56. The molecule has 0 aliphatic rings. The van der Waals surface area contributed by atoms with Crippen molar-refractivity contribution in [3.63, 3.8) is 0 Å². The summed E-state index contributed by atoms with van der Waals surface area (Å²) >= 11 is 11.9. The number of rotatable bonds is 8. The molecule has 0 amide bonds. The van der Waals surface area contributed by atoms with Crippen LogP contribution in [0.1, 0.15) is 32.3 Å². The Labute approximate surface area is 120 Å². The normalized spacial score (nSPS) is 11.2. The minimum Gasteiger partial charge on any atom is -0.379 e. The van der Waals surface area contributed by atoms with E-state index in [-0.39, 0.29) is 0 Å². The van der Waals surface area contributed by atoms with Crippen molar-refractivity contribution in [2.45, 2.75) is 39.3 Å². The van der Waals surface area contributed by atoms with Crippen molar-refractivity contribution in [3.8, 4) is 0 Å². The third-order valence-corrected chi connectivity index (χ3v) is 3.12. The first-order valence-corrected chi connectivity index (χ1v) is 7.11. The maximum absolute atomic E-state index is 6.08. The summed E-state index contributed by atoms with van der Waals surface area (Å²) < 4.78 is 5.48. The lowest BCUT2D eigenvalue weighted by molar-refractivity contribution is 0.0760. The number of hydrogen-bond donors (Lipinski definition) is 1. The molecule has 0 atom stereocenters. The second kappa shape index (κ2) is 8.76. The van der Waals surface area contributed by atoms with Crippen LogP contribution in [-0.2, 0) is 11.3 Å². The van der Waals surface area contributed by atoms with E-state index < -0.39 is 0 Å². The summed E-state index contributed by atoms with van der Waals surface area (Å²) in [6.45, 7) is 6.70. The van der Waals surface area contributed by atoms with Crippen molar-refractivity contribution >= 4 is 23.2 Å². The quantitative estimate of drug-likeness (QED) is 0.721. The van der Waals surface area contributed by atoms with Crippen molar-refractivity contribution in [2.24, 2.45) is 0 Å². The Morgan fingerprint density at radius 1 is 1.22 bits per heavy atom. The summed E-state index contributed by atoms with van der Waals surface area (Å²) in [6, 6.07) is 5.59. The standard InChI is InChI=1S/C14H21Cl2NO/c1-11(2)18-8-4-3-7-17-10-12-5-6-13(15)9-14(12)16/h5-6,9,11,17H,3-4,7-8,10H2,1-2H3. The minimum absolute atomic E-state index is 0.325. The Balaban J connectivity index is 2.11. The highest BCUT2D eigenvalue weighted by Crippen LogP contribution is 2.20. The largest absolute Gasteiger partial charge is 0.379 e. The molecule has 1 aromatic carbocycles. The highest BCUT2D eigenvalue weighted by Gasteiger charge is 2.00. The van der Waals surface area contributed by atoms with Gasteiger partial charge in [-0.15, -0.1) is 0 Å². The van der Waals surface area contributed by atoms with E-state index in [1.165, 1.54) is 0 Å². The van der Waals surface area contributed by atoms with Crippen molar-refractivity contribution in [1.29, 1.82) is 0 Å². The SMILES string of the molecule is CC(C)OCCCCNCc1ccc(Cl)cc1Cl. The summed E-state index contributed by atoms with van der Waals surface area (Å²) in [7, 11) is 0. The van der Waals surface area contributed by atoms with E-state index in [4.69, 9.17) is 27.9 Å². The zero-order valence-corrected chi connectivity index (χ0v) is 12.5. The summed E-state index contributed by atoms with van der Waals surface area (Å²) in [4.78, 5) is 0. The molecule has 2 nitrogen and oxygen atoms in total. The Morgan fingerprint density at radius 3 is 2.67 bits per heavy atom. The predicted octanol–water partition coefficient (Wildman–Crippen LogP) is 4.29. The first-order chi connectivity index (χ1) is 8.59. The summed E-state index contributed by atoms with van der Waals surface area (Å²) in [5, 5.41) is 4.76. The average Bonchev–Trinajstić information content (AvgIpc) is 2.30. The molecule has 0 saturated heterocycles. The van der Waals surface area contributed by atoms with Gasteiger partial charge in [-0.25, -0.2) is 0 Å². The lowest BCUT2D eigenvalue weighted by Crippen LogP contribution is -2.15. The number of unbranched alkanes of at least 4 members (excludes halogenated alkanes) is 1. The molecule has 0 radical (unpaired) electrons. The molecular weight excluding hydrogens is 269 g/mol. The highest BCUT2D eigenvalue weighted by molar-refractivity contribution is 6.35.